The van der Waals surface area contributed by atoms with Crippen molar-refractivity contribution in [1.29, 1.82) is 0 Å². The van der Waals surface area contributed by atoms with Gasteiger partial charge in [0, 0.05) is 5.69 Å². The summed E-state index contributed by atoms with van der Waals surface area (Å²) >= 11 is 6.24. The predicted molar refractivity (Wildman–Crippen MR) is 96.3 cm³/mol. The first kappa shape index (κ1) is 16.5. The molecule has 5 heteroatoms. The Balaban J connectivity index is 1.76. The van der Waals surface area contributed by atoms with Crippen molar-refractivity contribution < 1.29 is 9.59 Å². The molecule has 1 aliphatic rings. The summed E-state index contributed by atoms with van der Waals surface area (Å²) in [5.74, 6) is -0.572. The SMILES string of the molecule is Cc1cc(C)c(NC(=O)C2(C(=O)Nc3ccccc3)CC2)c(Cl)c1. The first-order chi connectivity index (χ1) is 11.4. The zero-order valence-electron chi connectivity index (χ0n) is 13.7. The second-order valence-electron chi connectivity index (χ2n) is 6.30. The van der Waals surface area contributed by atoms with Gasteiger partial charge in [0.2, 0.25) is 11.8 Å². The van der Waals surface area contributed by atoms with Crippen LogP contribution in [0.15, 0.2) is 42.5 Å². The van der Waals surface area contributed by atoms with Gasteiger partial charge in [0.1, 0.15) is 5.41 Å². The summed E-state index contributed by atoms with van der Waals surface area (Å²) in [4.78, 5) is 25.2. The lowest BCUT2D eigenvalue weighted by atomic mass is 10.0. The van der Waals surface area contributed by atoms with Crippen molar-refractivity contribution in [3.63, 3.8) is 0 Å². The molecule has 1 aliphatic carbocycles. The molecule has 1 fully saturated rings. The van der Waals surface area contributed by atoms with E-state index < -0.39 is 5.41 Å². The van der Waals surface area contributed by atoms with Crippen molar-refractivity contribution >= 4 is 34.8 Å². The fourth-order valence-electron chi connectivity index (χ4n) is 2.76. The predicted octanol–water partition coefficient (Wildman–Crippen LogP) is 4.31. The quantitative estimate of drug-likeness (QED) is 0.813. The van der Waals surface area contributed by atoms with Crippen LogP contribution in [0.4, 0.5) is 11.4 Å². The lowest BCUT2D eigenvalue weighted by Gasteiger charge is -2.17. The maximum atomic E-state index is 12.7. The summed E-state index contributed by atoms with van der Waals surface area (Å²) in [6.07, 6.45) is 1.08. The molecule has 1 saturated carbocycles. The average molecular weight is 343 g/mol. The topological polar surface area (TPSA) is 58.2 Å². The number of nitrogens with one attached hydrogen (secondary N) is 2. The van der Waals surface area contributed by atoms with E-state index in [4.69, 9.17) is 11.6 Å². The molecule has 0 spiro atoms. The highest BCUT2D eigenvalue weighted by Gasteiger charge is 2.56. The molecular weight excluding hydrogens is 324 g/mol. The minimum atomic E-state index is -1.00. The molecule has 0 heterocycles. The summed E-state index contributed by atoms with van der Waals surface area (Å²) in [6.45, 7) is 3.83. The molecule has 0 aliphatic heterocycles. The molecule has 2 N–H and O–H groups in total. The van der Waals surface area contributed by atoms with Crippen molar-refractivity contribution in [2.24, 2.45) is 5.41 Å². The van der Waals surface area contributed by atoms with Gasteiger partial charge >= 0.3 is 0 Å². The zero-order chi connectivity index (χ0) is 17.3. The van der Waals surface area contributed by atoms with Gasteiger partial charge in [0.05, 0.1) is 10.7 Å². The van der Waals surface area contributed by atoms with Crippen LogP contribution in [-0.4, -0.2) is 11.8 Å². The lowest BCUT2D eigenvalue weighted by Crippen LogP contribution is -2.35. The number of halogens is 1. The monoisotopic (exact) mass is 342 g/mol. The number of hydrogen-bond acceptors (Lipinski definition) is 2. The van der Waals surface area contributed by atoms with Gasteiger partial charge in [-0.1, -0.05) is 35.9 Å². The van der Waals surface area contributed by atoms with Crippen molar-refractivity contribution in [3.05, 3.63) is 58.6 Å². The fraction of sp³-hybridized carbons (Fsp3) is 0.263. The van der Waals surface area contributed by atoms with Crippen molar-refractivity contribution in [1.82, 2.24) is 0 Å². The number of anilines is 2. The van der Waals surface area contributed by atoms with E-state index in [1.165, 1.54) is 0 Å². The molecule has 0 radical (unpaired) electrons. The van der Waals surface area contributed by atoms with Crippen molar-refractivity contribution in [2.45, 2.75) is 26.7 Å². The zero-order valence-corrected chi connectivity index (χ0v) is 14.4. The van der Waals surface area contributed by atoms with E-state index in [9.17, 15) is 9.59 Å². The molecule has 0 atom stereocenters. The van der Waals surface area contributed by atoms with Crippen LogP contribution in [0.25, 0.3) is 0 Å². The Morgan fingerprint density at radius 3 is 2.21 bits per heavy atom. The molecule has 124 valence electrons. The number of benzene rings is 2. The summed E-state index contributed by atoms with van der Waals surface area (Å²) in [6, 6.07) is 12.9. The Morgan fingerprint density at radius 1 is 1.00 bits per heavy atom. The first-order valence-corrected chi connectivity index (χ1v) is 8.25. The average Bonchev–Trinajstić information content (AvgIpc) is 3.33. The molecule has 0 unspecified atom stereocenters. The van der Waals surface area contributed by atoms with Gasteiger partial charge in [-0.2, -0.15) is 0 Å². The van der Waals surface area contributed by atoms with Gasteiger partial charge in [0.15, 0.2) is 0 Å². The number of para-hydroxylation sites is 1. The molecule has 2 aromatic rings. The van der Waals surface area contributed by atoms with Gasteiger partial charge < -0.3 is 10.6 Å². The van der Waals surface area contributed by atoms with E-state index >= 15 is 0 Å². The number of hydrogen-bond donors (Lipinski definition) is 2. The van der Waals surface area contributed by atoms with E-state index in [0.717, 1.165) is 11.1 Å². The van der Waals surface area contributed by atoms with E-state index in [-0.39, 0.29) is 11.8 Å². The third kappa shape index (κ3) is 3.15. The van der Waals surface area contributed by atoms with Gasteiger partial charge in [-0.25, -0.2) is 0 Å². The Morgan fingerprint density at radius 2 is 1.62 bits per heavy atom. The largest absolute Gasteiger partial charge is 0.325 e. The minimum Gasteiger partial charge on any atom is -0.325 e. The fourth-order valence-corrected chi connectivity index (χ4v) is 3.13. The standard InChI is InChI=1S/C19H19ClN2O2/c1-12-10-13(2)16(15(20)11-12)22-18(24)19(8-9-19)17(23)21-14-6-4-3-5-7-14/h3-7,10-11H,8-9H2,1-2H3,(H,21,23)(H,22,24). The third-order valence-electron chi connectivity index (χ3n) is 4.32. The van der Waals surface area contributed by atoms with Gasteiger partial charge in [0.25, 0.3) is 0 Å². The maximum absolute atomic E-state index is 12.7. The van der Waals surface area contributed by atoms with Crippen molar-refractivity contribution in [3.8, 4) is 0 Å². The highest BCUT2D eigenvalue weighted by atomic mass is 35.5. The van der Waals surface area contributed by atoms with Crippen LogP contribution in [0.3, 0.4) is 0 Å². The summed E-state index contributed by atoms with van der Waals surface area (Å²) < 4.78 is 0. The maximum Gasteiger partial charge on any atom is 0.240 e. The number of amides is 2. The Kier molecular flexibility index (Phi) is 4.33. The number of carbonyl (C=O) groups is 2. The molecule has 3 rings (SSSR count). The Bertz CT molecular complexity index is 775. The number of rotatable bonds is 4. The molecule has 0 aromatic heterocycles. The van der Waals surface area contributed by atoms with Crippen LogP contribution >= 0.6 is 11.6 Å². The van der Waals surface area contributed by atoms with Gasteiger partial charge in [-0.3, -0.25) is 9.59 Å². The van der Waals surface area contributed by atoms with Crippen LogP contribution < -0.4 is 10.6 Å². The molecular formula is C19H19ClN2O2. The molecule has 0 bridgehead atoms. The Labute approximate surface area is 146 Å². The molecule has 0 saturated heterocycles. The molecule has 4 nitrogen and oxygen atoms in total. The number of carbonyl (C=O) groups excluding carboxylic acids is 2. The van der Waals surface area contributed by atoms with E-state index in [1.54, 1.807) is 18.2 Å². The lowest BCUT2D eigenvalue weighted by molar-refractivity contribution is -0.131. The second-order valence-corrected chi connectivity index (χ2v) is 6.70. The van der Waals surface area contributed by atoms with Gasteiger partial charge in [-0.15, -0.1) is 0 Å². The van der Waals surface area contributed by atoms with Crippen LogP contribution in [0.5, 0.6) is 0 Å². The third-order valence-corrected chi connectivity index (χ3v) is 4.62. The highest BCUT2D eigenvalue weighted by Crippen LogP contribution is 2.48. The normalized spacial score (nSPS) is 14.8. The van der Waals surface area contributed by atoms with E-state index in [0.29, 0.717) is 29.2 Å². The van der Waals surface area contributed by atoms with Crippen LogP contribution in [0.1, 0.15) is 24.0 Å². The summed E-state index contributed by atoms with van der Waals surface area (Å²) in [7, 11) is 0. The van der Waals surface area contributed by atoms with Crippen molar-refractivity contribution in [2.75, 3.05) is 10.6 Å². The second kappa shape index (κ2) is 6.29. The van der Waals surface area contributed by atoms with Crippen LogP contribution in [0, 0.1) is 19.3 Å². The molecule has 2 aromatic carbocycles. The first-order valence-electron chi connectivity index (χ1n) is 7.87. The summed E-state index contributed by atoms with van der Waals surface area (Å²) in [5, 5.41) is 6.15. The molecule has 24 heavy (non-hydrogen) atoms. The van der Waals surface area contributed by atoms with Crippen LogP contribution in [0.2, 0.25) is 5.02 Å². The van der Waals surface area contributed by atoms with E-state index in [1.807, 2.05) is 38.1 Å². The smallest absolute Gasteiger partial charge is 0.240 e. The van der Waals surface area contributed by atoms with Gasteiger partial charge in [-0.05, 0) is 56.0 Å². The highest BCUT2D eigenvalue weighted by molar-refractivity contribution is 6.34. The minimum absolute atomic E-state index is 0.271. The van der Waals surface area contributed by atoms with Crippen LogP contribution in [-0.2, 0) is 9.59 Å². The molecule has 2 amide bonds. The summed E-state index contributed by atoms with van der Waals surface area (Å²) in [5.41, 5.74) is 2.17. The number of aryl methyl sites for hydroxylation is 2. The Hall–Kier alpha value is -2.33. The van der Waals surface area contributed by atoms with E-state index in [2.05, 4.69) is 10.6 Å².